The third-order valence-corrected chi connectivity index (χ3v) is 13.0. The smallest absolute Gasteiger partial charge is 0.186 e. The number of ketones is 1. The van der Waals surface area contributed by atoms with Gasteiger partial charge in [-0.1, -0.05) is 52.2 Å². The summed E-state index contributed by atoms with van der Waals surface area (Å²) in [5.41, 5.74) is 0.443. The maximum atomic E-state index is 14.4. The number of hydrogen-bond acceptors (Lipinski definition) is 7. The average Bonchev–Trinajstić information content (AvgIpc) is 3.15. The van der Waals surface area contributed by atoms with Gasteiger partial charge in [0.05, 0.1) is 30.5 Å². The molecule has 0 radical (unpaired) electrons. The predicted octanol–water partition coefficient (Wildman–Crippen LogP) is 4.93. The fourth-order valence-electron chi connectivity index (χ4n) is 10.2. The van der Waals surface area contributed by atoms with Gasteiger partial charge in [-0.25, -0.2) is 0 Å². The van der Waals surface area contributed by atoms with Crippen LogP contribution in [0.3, 0.4) is 0 Å². The Morgan fingerprint density at radius 2 is 1.83 bits per heavy atom. The van der Waals surface area contributed by atoms with Crippen LogP contribution in [0.5, 0.6) is 0 Å². The predicted molar refractivity (Wildman–Crippen MR) is 157 cm³/mol. The molecule has 3 unspecified atom stereocenters. The summed E-state index contributed by atoms with van der Waals surface area (Å²) in [4.78, 5) is 14.4. The number of hydrogen-bond donors (Lipinski definition) is 4. The monoisotopic (exact) mass is 576 g/mol. The van der Waals surface area contributed by atoms with Crippen molar-refractivity contribution in [2.24, 2.45) is 39.9 Å². The first-order chi connectivity index (χ1) is 19.2. The van der Waals surface area contributed by atoms with E-state index in [1.165, 1.54) is 18.4 Å². The van der Waals surface area contributed by atoms with Crippen LogP contribution in [0.25, 0.3) is 0 Å². The van der Waals surface area contributed by atoms with E-state index in [1.54, 1.807) is 0 Å². The van der Waals surface area contributed by atoms with Crippen molar-refractivity contribution in [3.8, 4) is 0 Å². The molecule has 5 aliphatic rings. The Morgan fingerprint density at radius 3 is 2.51 bits per heavy atom. The lowest BCUT2D eigenvalue weighted by Gasteiger charge is -2.63. The highest BCUT2D eigenvalue weighted by Crippen LogP contribution is 2.73. The molecular weight excluding hydrogens is 520 g/mol. The standard InChI is InChI=1S/C34H56O7/c1-20-23-10-13-27-32(4)16-14-21(9-7-8-15-31(2,3)39)33(32,5)18-28(37)34(27,6)24(23)11-12-26(20)41-30-29(38)25(36)17-22(19-35)40-30/h10,20-22,24-27,29-30,35-36,38-39H,7-9,11-19H2,1-6H3/t20-,21?,22+,24?,25+,26+,27?,29-,30+,32+,33-,34+/m1/s1. The summed E-state index contributed by atoms with van der Waals surface area (Å²) in [6.07, 6.45) is 8.43. The molecule has 1 saturated heterocycles. The number of unbranched alkanes of at least 4 members (excludes halogenated alkanes) is 1. The number of Topliss-reactive ketones (excluding diaryl/α,β-unsaturated/α-hetero) is 1. The molecule has 1 heterocycles. The van der Waals surface area contributed by atoms with Crippen molar-refractivity contribution < 1.29 is 34.7 Å². The van der Waals surface area contributed by atoms with Crippen LogP contribution in [0, 0.1) is 39.9 Å². The number of carbonyl (C=O) groups excluding carboxylic acids is 1. The first kappa shape index (κ1) is 31.6. The van der Waals surface area contributed by atoms with E-state index in [1.807, 2.05) is 13.8 Å². The quantitative estimate of drug-likeness (QED) is 0.239. The van der Waals surface area contributed by atoms with Crippen LogP contribution >= 0.6 is 0 Å². The van der Waals surface area contributed by atoms with E-state index in [9.17, 15) is 25.2 Å². The topological polar surface area (TPSA) is 116 Å². The Kier molecular flexibility index (Phi) is 8.68. The highest BCUT2D eigenvalue weighted by molar-refractivity contribution is 5.88. The van der Waals surface area contributed by atoms with Gasteiger partial charge in [0.2, 0.25) is 0 Å². The Bertz CT molecular complexity index is 1000. The van der Waals surface area contributed by atoms with Gasteiger partial charge in [-0.15, -0.1) is 0 Å². The zero-order valence-electron chi connectivity index (χ0n) is 26.3. The number of aliphatic hydroxyl groups excluding tert-OH is 3. The molecule has 4 fully saturated rings. The van der Waals surface area contributed by atoms with E-state index in [4.69, 9.17) is 9.47 Å². The van der Waals surface area contributed by atoms with E-state index in [0.29, 0.717) is 24.0 Å². The molecule has 4 N–H and O–H groups in total. The highest BCUT2D eigenvalue weighted by atomic mass is 16.7. The van der Waals surface area contributed by atoms with Crippen LogP contribution in [0.2, 0.25) is 0 Å². The summed E-state index contributed by atoms with van der Waals surface area (Å²) in [5, 5.41) is 40.5. The SMILES string of the molecule is C[C@@H]1C2=CCC3[C@@](C)(C(=O)C[C@]4(C)C(CCCCC(C)(C)O)CC[C@@]34C)C2CC[C@@H]1O[C@@H]1O[C@H](CO)C[C@H](O)[C@H]1O. The van der Waals surface area contributed by atoms with Crippen LogP contribution in [0.4, 0.5) is 0 Å². The number of fused-ring (bicyclic) bond motifs is 5. The summed E-state index contributed by atoms with van der Waals surface area (Å²) in [7, 11) is 0. The van der Waals surface area contributed by atoms with Crippen LogP contribution in [-0.4, -0.2) is 69.1 Å². The normalized spacial score (nSPS) is 48.3. The molecule has 0 bridgehead atoms. The van der Waals surface area contributed by atoms with Crippen molar-refractivity contribution in [1.29, 1.82) is 0 Å². The van der Waals surface area contributed by atoms with Crippen molar-refractivity contribution in [3.63, 3.8) is 0 Å². The number of allylic oxidation sites excluding steroid dienone is 1. The van der Waals surface area contributed by atoms with Gasteiger partial charge >= 0.3 is 0 Å². The first-order valence-corrected chi connectivity index (χ1v) is 16.4. The van der Waals surface area contributed by atoms with Gasteiger partial charge in [-0.2, -0.15) is 0 Å². The molecule has 0 aromatic heterocycles. The molecule has 234 valence electrons. The van der Waals surface area contributed by atoms with Crippen molar-refractivity contribution in [2.75, 3.05) is 6.61 Å². The zero-order chi connectivity index (χ0) is 30.0. The number of rotatable bonds is 8. The number of carbonyl (C=O) groups is 1. The lowest BCUT2D eigenvalue weighted by atomic mass is 9.39. The lowest BCUT2D eigenvalue weighted by Crippen LogP contribution is -2.62. The number of ether oxygens (including phenoxy) is 2. The van der Waals surface area contributed by atoms with Gasteiger partial charge in [0, 0.05) is 24.2 Å². The summed E-state index contributed by atoms with van der Waals surface area (Å²) >= 11 is 0. The molecule has 41 heavy (non-hydrogen) atoms. The van der Waals surface area contributed by atoms with Crippen LogP contribution in [0.15, 0.2) is 11.6 Å². The maximum absolute atomic E-state index is 14.4. The van der Waals surface area contributed by atoms with Gasteiger partial charge in [0.25, 0.3) is 0 Å². The summed E-state index contributed by atoms with van der Waals surface area (Å²) in [6, 6.07) is 0. The largest absolute Gasteiger partial charge is 0.394 e. The van der Waals surface area contributed by atoms with E-state index in [0.717, 1.165) is 44.9 Å². The van der Waals surface area contributed by atoms with Crippen LogP contribution in [0.1, 0.15) is 112 Å². The molecule has 0 amide bonds. The second-order valence-electron chi connectivity index (χ2n) is 15.7. The van der Waals surface area contributed by atoms with Gasteiger partial charge in [0.1, 0.15) is 11.9 Å². The first-order valence-electron chi connectivity index (χ1n) is 16.4. The van der Waals surface area contributed by atoms with E-state index in [2.05, 4.69) is 33.8 Å². The Balaban J connectivity index is 1.32. The second-order valence-corrected chi connectivity index (χ2v) is 15.7. The van der Waals surface area contributed by atoms with Crippen LogP contribution < -0.4 is 0 Å². The van der Waals surface area contributed by atoms with Gasteiger partial charge < -0.3 is 29.9 Å². The molecule has 7 heteroatoms. The van der Waals surface area contributed by atoms with E-state index < -0.39 is 30.2 Å². The molecular formula is C34H56O7. The fourth-order valence-corrected chi connectivity index (χ4v) is 10.2. The molecule has 12 atom stereocenters. The summed E-state index contributed by atoms with van der Waals surface area (Å²) in [5.74, 6) is 1.59. The van der Waals surface area contributed by atoms with Gasteiger partial charge in [0.15, 0.2) is 6.29 Å². The zero-order valence-corrected chi connectivity index (χ0v) is 26.3. The maximum Gasteiger partial charge on any atom is 0.186 e. The molecule has 0 spiro atoms. The van der Waals surface area contributed by atoms with E-state index >= 15 is 0 Å². The molecule has 0 aromatic rings. The summed E-state index contributed by atoms with van der Waals surface area (Å²) in [6.45, 7) is 12.9. The van der Waals surface area contributed by atoms with Crippen molar-refractivity contribution >= 4 is 5.78 Å². The summed E-state index contributed by atoms with van der Waals surface area (Å²) < 4.78 is 12.1. The minimum Gasteiger partial charge on any atom is -0.394 e. The molecule has 1 aliphatic heterocycles. The molecule has 3 saturated carbocycles. The lowest BCUT2D eigenvalue weighted by molar-refractivity contribution is -0.290. The minimum atomic E-state index is -1.15. The van der Waals surface area contributed by atoms with Gasteiger partial charge in [-0.3, -0.25) is 4.79 Å². The Morgan fingerprint density at radius 1 is 1.10 bits per heavy atom. The molecule has 0 aromatic carbocycles. The Hall–Kier alpha value is -0.830. The molecule has 5 rings (SSSR count). The minimum absolute atomic E-state index is 0.0127. The fraction of sp³-hybridized carbons (Fsp3) is 0.912. The third-order valence-electron chi connectivity index (χ3n) is 13.0. The van der Waals surface area contributed by atoms with Gasteiger partial charge in [-0.05, 0) is 87.4 Å². The second kappa shape index (κ2) is 11.3. The molecule has 7 nitrogen and oxygen atoms in total. The van der Waals surface area contributed by atoms with Crippen molar-refractivity contribution in [1.82, 2.24) is 0 Å². The average molecular weight is 577 g/mol. The molecule has 4 aliphatic carbocycles. The van der Waals surface area contributed by atoms with Crippen molar-refractivity contribution in [3.05, 3.63) is 11.6 Å². The van der Waals surface area contributed by atoms with E-state index in [-0.39, 0.29) is 47.2 Å². The van der Waals surface area contributed by atoms with Crippen LogP contribution in [-0.2, 0) is 14.3 Å². The van der Waals surface area contributed by atoms with Crippen molar-refractivity contribution in [2.45, 2.75) is 148 Å². The Labute approximate surface area is 247 Å². The highest BCUT2D eigenvalue weighted by Gasteiger charge is 2.69. The third kappa shape index (κ3) is 5.29. The number of aliphatic hydroxyl groups is 4.